The summed E-state index contributed by atoms with van der Waals surface area (Å²) in [5, 5.41) is 0. The van der Waals surface area contributed by atoms with Gasteiger partial charge in [-0.2, -0.15) is 0 Å². The van der Waals surface area contributed by atoms with Gasteiger partial charge in [-0.3, -0.25) is 4.79 Å². The van der Waals surface area contributed by atoms with Crippen LogP contribution in [0.15, 0.2) is 17.0 Å². The van der Waals surface area contributed by atoms with Gasteiger partial charge in [0.2, 0.25) is 0 Å². The van der Waals surface area contributed by atoms with Crippen molar-refractivity contribution in [1.82, 2.24) is 0 Å². The average molecular weight is 268 g/mol. The first-order chi connectivity index (χ1) is 8.76. The molecule has 0 unspecified atom stereocenters. The molecule has 3 nitrogen and oxygen atoms in total. The van der Waals surface area contributed by atoms with Crippen LogP contribution in [0.2, 0.25) is 0 Å². The lowest BCUT2D eigenvalue weighted by Crippen LogP contribution is -1.95. The van der Waals surface area contributed by atoms with Gasteiger partial charge >= 0.3 is 0 Å². The second-order valence-electron chi connectivity index (χ2n) is 3.93. The Morgan fingerprint density at radius 1 is 1.17 bits per heavy atom. The zero-order valence-electron chi connectivity index (χ0n) is 11.2. The summed E-state index contributed by atoms with van der Waals surface area (Å²) in [5.74, 6) is 2.44. The van der Waals surface area contributed by atoms with Gasteiger partial charge in [0.05, 0.1) is 19.1 Å². The average Bonchev–Trinajstić information content (AvgIpc) is 2.42. The van der Waals surface area contributed by atoms with Crippen molar-refractivity contribution in [1.29, 1.82) is 0 Å². The molecule has 0 spiro atoms. The first-order valence-electron chi connectivity index (χ1n) is 6.10. The lowest BCUT2D eigenvalue weighted by Gasteiger charge is -2.13. The fourth-order valence-corrected chi connectivity index (χ4v) is 2.76. The molecule has 0 aliphatic heterocycles. The van der Waals surface area contributed by atoms with E-state index in [0.717, 1.165) is 16.9 Å². The van der Waals surface area contributed by atoms with Gasteiger partial charge in [-0.1, -0.05) is 19.8 Å². The fourth-order valence-electron chi connectivity index (χ4n) is 1.64. The number of methoxy groups -OCH3 is 2. The molecule has 0 amide bonds. The molecular weight excluding hydrogens is 248 g/mol. The van der Waals surface area contributed by atoms with Gasteiger partial charge in [-0.25, -0.2) is 0 Å². The van der Waals surface area contributed by atoms with E-state index < -0.39 is 0 Å². The Labute approximate surface area is 113 Å². The third-order valence-electron chi connectivity index (χ3n) is 2.61. The molecule has 0 fully saturated rings. The highest BCUT2D eigenvalue weighted by atomic mass is 32.2. The van der Waals surface area contributed by atoms with Crippen molar-refractivity contribution < 1.29 is 14.3 Å². The number of hydrogen-bond acceptors (Lipinski definition) is 4. The van der Waals surface area contributed by atoms with Crippen molar-refractivity contribution in [2.75, 3.05) is 20.0 Å². The number of carbonyl (C=O) groups excluding carboxylic acids is 1. The highest BCUT2D eigenvalue weighted by Gasteiger charge is 2.12. The van der Waals surface area contributed by atoms with Crippen LogP contribution in [0.3, 0.4) is 0 Å². The third-order valence-corrected chi connectivity index (χ3v) is 3.80. The number of unbranched alkanes of at least 4 members (excludes halogenated alkanes) is 2. The van der Waals surface area contributed by atoms with Gasteiger partial charge in [0.15, 0.2) is 0 Å². The predicted octanol–water partition coefficient (Wildman–Crippen LogP) is 3.80. The second-order valence-corrected chi connectivity index (χ2v) is 5.03. The maximum atomic E-state index is 10.8. The summed E-state index contributed by atoms with van der Waals surface area (Å²) in [6.45, 7) is 2.19. The molecule has 1 aromatic carbocycles. The molecule has 100 valence electrons. The summed E-state index contributed by atoms with van der Waals surface area (Å²) in [6.07, 6.45) is 4.41. The van der Waals surface area contributed by atoms with E-state index in [9.17, 15) is 4.79 Å². The van der Waals surface area contributed by atoms with E-state index in [1.54, 1.807) is 38.1 Å². The second kappa shape index (κ2) is 8.03. The molecule has 0 N–H and O–H groups in total. The van der Waals surface area contributed by atoms with Crippen molar-refractivity contribution in [3.05, 3.63) is 17.7 Å². The number of benzene rings is 1. The fraction of sp³-hybridized carbons (Fsp3) is 0.500. The normalized spacial score (nSPS) is 10.2. The van der Waals surface area contributed by atoms with Crippen LogP contribution in [0.4, 0.5) is 0 Å². The van der Waals surface area contributed by atoms with Gasteiger partial charge in [-0.15, -0.1) is 11.8 Å². The maximum Gasteiger partial charge on any atom is 0.150 e. The minimum absolute atomic E-state index is 0.571. The Bertz CT molecular complexity index is 366. The minimum atomic E-state index is 0.571. The molecule has 18 heavy (non-hydrogen) atoms. The number of aldehydes is 1. The Morgan fingerprint density at radius 3 is 2.22 bits per heavy atom. The van der Waals surface area contributed by atoms with Crippen LogP contribution < -0.4 is 9.47 Å². The molecular formula is C14H20O3S. The predicted molar refractivity (Wildman–Crippen MR) is 75.2 cm³/mol. The van der Waals surface area contributed by atoms with Gasteiger partial charge in [0, 0.05) is 5.56 Å². The lowest BCUT2D eigenvalue weighted by atomic mass is 10.2. The van der Waals surface area contributed by atoms with E-state index in [-0.39, 0.29) is 0 Å². The standard InChI is InChI=1S/C14H20O3S/c1-4-5-6-7-18-14-12(16-2)8-11(10-15)9-13(14)17-3/h8-10H,4-7H2,1-3H3. The van der Waals surface area contributed by atoms with Crippen LogP contribution in [0, 0.1) is 0 Å². The third kappa shape index (κ3) is 3.95. The molecule has 0 aromatic heterocycles. The van der Waals surface area contributed by atoms with E-state index in [0.29, 0.717) is 17.1 Å². The van der Waals surface area contributed by atoms with E-state index >= 15 is 0 Å². The zero-order chi connectivity index (χ0) is 13.4. The van der Waals surface area contributed by atoms with Crippen LogP contribution >= 0.6 is 11.8 Å². The van der Waals surface area contributed by atoms with Crippen molar-refractivity contribution in [3.63, 3.8) is 0 Å². The Balaban J connectivity index is 2.89. The van der Waals surface area contributed by atoms with Gasteiger partial charge in [0.25, 0.3) is 0 Å². The van der Waals surface area contributed by atoms with Crippen LogP contribution in [-0.2, 0) is 0 Å². The molecule has 1 aromatic rings. The first-order valence-corrected chi connectivity index (χ1v) is 7.09. The molecule has 0 heterocycles. The van der Waals surface area contributed by atoms with Crippen LogP contribution in [0.5, 0.6) is 11.5 Å². The summed E-state index contributed by atoms with van der Waals surface area (Å²) in [4.78, 5) is 11.8. The number of carbonyl (C=O) groups is 1. The monoisotopic (exact) mass is 268 g/mol. The Morgan fingerprint density at radius 2 is 1.78 bits per heavy atom. The topological polar surface area (TPSA) is 35.5 Å². The van der Waals surface area contributed by atoms with Crippen molar-refractivity contribution in [2.45, 2.75) is 31.1 Å². The van der Waals surface area contributed by atoms with E-state index in [1.807, 2.05) is 0 Å². The van der Waals surface area contributed by atoms with Crippen molar-refractivity contribution in [2.24, 2.45) is 0 Å². The zero-order valence-corrected chi connectivity index (χ0v) is 12.0. The Hall–Kier alpha value is -1.16. The summed E-state index contributed by atoms with van der Waals surface area (Å²) in [6, 6.07) is 3.50. The molecule has 4 heteroatoms. The Kier molecular flexibility index (Phi) is 6.65. The van der Waals surface area contributed by atoms with Crippen molar-refractivity contribution in [3.8, 4) is 11.5 Å². The summed E-state index contributed by atoms with van der Waals surface area (Å²) in [5.41, 5.74) is 0.571. The highest BCUT2D eigenvalue weighted by Crippen LogP contribution is 2.39. The molecule has 0 saturated carbocycles. The summed E-state index contributed by atoms with van der Waals surface area (Å²) < 4.78 is 10.7. The number of thioether (sulfide) groups is 1. The smallest absolute Gasteiger partial charge is 0.150 e. The number of hydrogen-bond donors (Lipinski definition) is 0. The van der Waals surface area contributed by atoms with Gasteiger partial charge in [0.1, 0.15) is 17.8 Å². The highest BCUT2D eigenvalue weighted by molar-refractivity contribution is 7.99. The van der Waals surface area contributed by atoms with Crippen LogP contribution in [0.25, 0.3) is 0 Å². The number of rotatable bonds is 8. The van der Waals surface area contributed by atoms with Gasteiger partial charge < -0.3 is 9.47 Å². The molecule has 0 aliphatic rings. The minimum Gasteiger partial charge on any atom is -0.495 e. The summed E-state index contributed by atoms with van der Waals surface area (Å²) >= 11 is 1.72. The molecule has 0 atom stereocenters. The quantitative estimate of drug-likeness (QED) is 0.408. The van der Waals surface area contributed by atoms with Crippen molar-refractivity contribution >= 4 is 18.0 Å². The van der Waals surface area contributed by atoms with E-state index in [1.165, 1.54) is 19.3 Å². The SMILES string of the molecule is CCCCCSc1c(OC)cc(C=O)cc1OC. The van der Waals surface area contributed by atoms with Gasteiger partial charge in [-0.05, 0) is 24.3 Å². The summed E-state index contributed by atoms with van der Waals surface area (Å²) in [7, 11) is 3.22. The molecule has 0 radical (unpaired) electrons. The lowest BCUT2D eigenvalue weighted by molar-refractivity contribution is 0.112. The maximum absolute atomic E-state index is 10.8. The first kappa shape index (κ1) is 14.9. The van der Waals surface area contributed by atoms with Crippen LogP contribution in [0.1, 0.15) is 36.5 Å². The number of ether oxygens (including phenoxy) is 2. The van der Waals surface area contributed by atoms with E-state index in [4.69, 9.17) is 9.47 Å². The molecule has 1 rings (SSSR count). The molecule has 0 saturated heterocycles. The van der Waals surface area contributed by atoms with Crippen LogP contribution in [-0.4, -0.2) is 26.3 Å². The molecule has 0 bridgehead atoms. The van der Waals surface area contributed by atoms with E-state index in [2.05, 4.69) is 6.92 Å². The largest absolute Gasteiger partial charge is 0.495 e. The molecule has 0 aliphatic carbocycles.